The molecule has 0 saturated carbocycles. The van der Waals surface area contributed by atoms with Crippen LogP contribution in [0.1, 0.15) is 53.7 Å². The summed E-state index contributed by atoms with van der Waals surface area (Å²) in [6.07, 6.45) is -3.18. The van der Waals surface area contributed by atoms with Crippen LogP contribution in [-0.4, -0.2) is 54.7 Å². The number of alkyl halides is 3. The number of likely N-dealkylation sites (tertiary alicyclic amines) is 1. The Morgan fingerprint density at radius 2 is 1.84 bits per heavy atom. The van der Waals surface area contributed by atoms with Crippen molar-refractivity contribution in [2.24, 2.45) is 5.73 Å². The summed E-state index contributed by atoms with van der Waals surface area (Å²) in [6, 6.07) is 11.3. The van der Waals surface area contributed by atoms with Crippen molar-refractivity contribution in [1.82, 2.24) is 10.2 Å². The number of carbonyl (C=O) groups is 2. The maximum Gasteiger partial charge on any atom is 0.416 e. The number of nitrogens with zero attached hydrogens (tertiary/aromatic N) is 1. The molecule has 11 heteroatoms. The molecule has 4 rings (SSSR count). The third-order valence-corrected chi connectivity index (χ3v) is 7.00. The van der Waals surface area contributed by atoms with E-state index in [1.54, 1.807) is 24.3 Å². The molecule has 2 aliphatic rings. The van der Waals surface area contributed by atoms with Crippen molar-refractivity contribution >= 4 is 24.2 Å². The molecule has 2 amide bonds. The van der Waals surface area contributed by atoms with Gasteiger partial charge >= 0.3 is 6.18 Å². The summed E-state index contributed by atoms with van der Waals surface area (Å²) in [4.78, 5) is 27.0. The zero-order valence-corrected chi connectivity index (χ0v) is 21.2. The van der Waals surface area contributed by atoms with Crippen LogP contribution in [0.2, 0.25) is 0 Å². The monoisotopic (exact) mass is 541 g/mol. The summed E-state index contributed by atoms with van der Waals surface area (Å²) in [6.45, 7) is 3.74. The van der Waals surface area contributed by atoms with Crippen LogP contribution in [0.25, 0.3) is 0 Å². The topological polar surface area (TPSA) is 93.9 Å². The molecule has 0 spiro atoms. The summed E-state index contributed by atoms with van der Waals surface area (Å²) >= 11 is 0. The van der Waals surface area contributed by atoms with E-state index in [1.807, 2.05) is 6.92 Å². The molecule has 2 atom stereocenters. The lowest BCUT2D eigenvalue weighted by Crippen LogP contribution is -2.61. The fourth-order valence-corrected chi connectivity index (χ4v) is 4.90. The van der Waals surface area contributed by atoms with Gasteiger partial charge in [0.15, 0.2) is 0 Å². The van der Waals surface area contributed by atoms with Gasteiger partial charge in [0.25, 0.3) is 0 Å². The maximum absolute atomic E-state index is 13.6. The molecule has 0 aromatic heterocycles. The Labute approximate surface area is 219 Å². The highest BCUT2D eigenvalue weighted by molar-refractivity contribution is 5.92. The first-order valence-corrected chi connectivity index (χ1v) is 12.0. The van der Waals surface area contributed by atoms with Crippen molar-refractivity contribution in [3.63, 3.8) is 0 Å². The number of rotatable bonds is 7. The van der Waals surface area contributed by atoms with Gasteiger partial charge < -0.3 is 20.5 Å². The van der Waals surface area contributed by atoms with Crippen LogP contribution in [0, 0.1) is 0 Å². The Hall–Kier alpha value is -2.82. The first-order valence-electron chi connectivity index (χ1n) is 12.0. The highest BCUT2D eigenvalue weighted by Gasteiger charge is 2.48. The molecule has 3 N–H and O–H groups in total. The van der Waals surface area contributed by atoms with Gasteiger partial charge in [-0.3, -0.25) is 14.5 Å². The Morgan fingerprint density at radius 1 is 1.16 bits per heavy atom. The number of benzene rings is 2. The Kier molecular flexibility index (Phi) is 9.09. The molecule has 2 aromatic carbocycles. The molecule has 2 saturated heterocycles. The van der Waals surface area contributed by atoms with Gasteiger partial charge in [-0.15, -0.1) is 12.4 Å². The normalized spacial score (nSPS) is 20.5. The zero-order valence-electron chi connectivity index (χ0n) is 20.4. The van der Waals surface area contributed by atoms with Crippen LogP contribution < -0.4 is 15.8 Å². The number of halogens is 4. The lowest BCUT2D eigenvalue weighted by atomic mass is 9.86. The smallest absolute Gasteiger partial charge is 0.416 e. The molecule has 0 aliphatic carbocycles. The second-order valence-corrected chi connectivity index (χ2v) is 9.33. The van der Waals surface area contributed by atoms with Crippen molar-refractivity contribution in [3.05, 3.63) is 65.2 Å². The van der Waals surface area contributed by atoms with Crippen molar-refractivity contribution in [1.29, 1.82) is 0 Å². The van der Waals surface area contributed by atoms with Gasteiger partial charge in [0.05, 0.1) is 11.6 Å². The van der Waals surface area contributed by atoms with Gasteiger partial charge in [-0.1, -0.05) is 18.2 Å². The van der Waals surface area contributed by atoms with Crippen LogP contribution in [-0.2, 0) is 15.7 Å². The van der Waals surface area contributed by atoms with Gasteiger partial charge in [-0.25, -0.2) is 0 Å². The van der Waals surface area contributed by atoms with E-state index in [9.17, 15) is 22.8 Å². The Morgan fingerprint density at radius 3 is 2.46 bits per heavy atom. The second-order valence-electron chi connectivity index (χ2n) is 9.33. The van der Waals surface area contributed by atoms with E-state index in [0.717, 1.165) is 17.7 Å². The average molecular weight is 542 g/mol. The van der Waals surface area contributed by atoms with Crippen LogP contribution in [0.4, 0.5) is 13.2 Å². The number of amides is 2. The summed E-state index contributed by atoms with van der Waals surface area (Å²) in [5, 5.41) is 3.10. The minimum Gasteiger partial charge on any atom is -0.489 e. The first kappa shape index (κ1) is 28.7. The standard InChI is InChI=1S/C26H30F3N3O4.ClH/c1-17(18-5-7-19(8-6-18)23(30)33)31-24(34)25(10-13-35-14-11-25)32-12-9-22(16-32)36-21-4-2-3-20(15-21)26(27,28)29;/h2-8,15,17,22H,9-14,16H2,1H3,(H2,30,33)(H,31,34);1H/t17-,22+;/m0./s1. The summed E-state index contributed by atoms with van der Waals surface area (Å²) in [7, 11) is 0. The predicted molar refractivity (Wildman–Crippen MR) is 134 cm³/mol. The highest BCUT2D eigenvalue weighted by Crippen LogP contribution is 2.35. The van der Waals surface area contributed by atoms with E-state index < -0.39 is 23.2 Å². The van der Waals surface area contributed by atoms with Gasteiger partial charge in [-0.2, -0.15) is 13.2 Å². The molecule has 0 bridgehead atoms. The van der Waals surface area contributed by atoms with Crippen molar-refractivity contribution in [2.45, 2.75) is 50.0 Å². The van der Waals surface area contributed by atoms with E-state index in [2.05, 4.69) is 10.2 Å². The molecule has 2 fully saturated rings. The Balaban J connectivity index is 0.00000380. The third kappa shape index (κ3) is 6.55. The fourth-order valence-electron chi connectivity index (χ4n) is 4.90. The summed E-state index contributed by atoms with van der Waals surface area (Å²) in [5.74, 6) is -0.484. The van der Waals surface area contributed by atoms with Crippen LogP contribution in [0.15, 0.2) is 48.5 Å². The average Bonchev–Trinajstić information content (AvgIpc) is 3.33. The van der Waals surface area contributed by atoms with Gasteiger partial charge in [0, 0.05) is 31.9 Å². The molecule has 202 valence electrons. The summed E-state index contributed by atoms with van der Waals surface area (Å²) in [5.41, 5.74) is 4.98. The minimum absolute atomic E-state index is 0. The number of primary amides is 1. The molecule has 2 aromatic rings. The highest BCUT2D eigenvalue weighted by atomic mass is 35.5. The third-order valence-electron chi connectivity index (χ3n) is 7.00. The maximum atomic E-state index is 13.6. The number of hydrogen-bond donors (Lipinski definition) is 2. The molecular weight excluding hydrogens is 511 g/mol. The quantitative estimate of drug-likeness (QED) is 0.550. The van der Waals surface area contributed by atoms with Gasteiger partial charge in [-0.05, 0) is 62.1 Å². The van der Waals surface area contributed by atoms with E-state index in [4.69, 9.17) is 15.2 Å². The van der Waals surface area contributed by atoms with E-state index in [1.165, 1.54) is 12.1 Å². The van der Waals surface area contributed by atoms with Gasteiger partial charge in [0.1, 0.15) is 17.4 Å². The second kappa shape index (κ2) is 11.7. The van der Waals surface area contributed by atoms with Crippen molar-refractivity contribution in [2.75, 3.05) is 26.3 Å². The molecule has 37 heavy (non-hydrogen) atoms. The number of hydrogen-bond acceptors (Lipinski definition) is 5. The number of nitrogens with one attached hydrogen (secondary N) is 1. The minimum atomic E-state index is -4.44. The summed E-state index contributed by atoms with van der Waals surface area (Å²) < 4.78 is 50.6. The number of carbonyl (C=O) groups excluding carboxylic acids is 2. The van der Waals surface area contributed by atoms with Crippen molar-refractivity contribution in [3.8, 4) is 5.75 Å². The molecular formula is C26H31ClF3N3O4. The van der Waals surface area contributed by atoms with E-state index >= 15 is 0 Å². The first-order chi connectivity index (χ1) is 17.1. The van der Waals surface area contributed by atoms with Crippen LogP contribution in [0.5, 0.6) is 5.75 Å². The Bertz CT molecular complexity index is 1090. The molecule has 2 aliphatic heterocycles. The molecule has 2 heterocycles. The molecule has 0 unspecified atom stereocenters. The van der Waals surface area contributed by atoms with Crippen LogP contribution in [0.3, 0.4) is 0 Å². The van der Waals surface area contributed by atoms with Crippen LogP contribution >= 0.6 is 12.4 Å². The van der Waals surface area contributed by atoms with Gasteiger partial charge in [0.2, 0.25) is 11.8 Å². The van der Waals surface area contributed by atoms with E-state index in [0.29, 0.717) is 51.1 Å². The predicted octanol–water partition coefficient (Wildman–Crippen LogP) is 4.11. The largest absolute Gasteiger partial charge is 0.489 e. The number of nitrogens with two attached hydrogens (primary N) is 1. The zero-order chi connectivity index (χ0) is 25.9. The lowest BCUT2D eigenvalue weighted by molar-refractivity contribution is -0.141. The number of ether oxygens (including phenoxy) is 2. The van der Waals surface area contributed by atoms with E-state index in [-0.39, 0.29) is 36.2 Å². The fraction of sp³-hybridized carbons (Fsp3) is 0.462. The lowest BCUT2D eigenvalue weighted by Gasteiger charge is -2.43. The van der Waals surface area contributed by atoms with Crippen molar-refractivity contribution < 1.29 is 32.2 Å². The molecule has 7 nitrogen and oxygen atoms in total. The molecule has 0 radical (unpaired) electrons. The SMILES string of the molecule is C[C@H](NC(=O)C1(N2CC[C@@H](Oc3cccc(C(F)(F)F)c3)C2)CCOCC1)c1ccc(C(N)=O)cc1.Cl.